The van der Waals surface area contributed by atoms with Crippen LogP contribution < -0.4 is 10.6 Å². The highest BCUT2D eigenvalue weighted by Gasteiger charge is 2.15. The molecule has 2 aromatic heterocycles. The van der Waals surface area contributed by atoms with Crippen LogP contribution >= 0.6 is 0 Å². The Morgan fingerprint density at radius 1 is 1.00 bits per heavy atom. The van der Waals surface area contributed by atoms with Crippen molar-refractivity contribution >= 4 is 28.4 Å². The lowest BCUT2D eigenvalue weighted by Gasteiger charge is -2.16. The van der Waals surface area contributed by atoms with E-state index in [1.54, 1.807) is 0 Å². The maximum Gasteiger partial charge on any atom is 0.188 e. The molecule has 0 bridgehead atoms. The highest BCUT2D eigenvalue weighted by atomic mass is 15.2. The van der Waals surface area contributed by atoms with E-state index in [4.69, 9.17) is 0 Å². The van der Waals surface area contributed by atoms with Crippen LogP contribution in [0.5, 0.6) is 0 Å². The van der Waals surface area contributed by atoms with E-state index >= 15 is 0 Å². The number of aryl methyl sites for hydroxylation is 1. The summed E-state index contributed by atoms with van der Waals surface area (Å²) >= 11 is 0. The number of aromatic nitrogens is 4. The third kappa shape index (κ3) is 3.21. The topological polar surface area (TPSA) is 78.5 Å². The normalized spacial score (nSPS) is 12.1. The standard InChI is InChI=1S/C20H20N6/c1-13-7-6-10-16(11-13)24-20-17-18(21-12-22-19(17)25-26-20)23-14(2)15-8-4-3-5-9-15/h3-12,14H,1-2H3,(H3,21,22,23,24,25,26)/t14-/m0/s1. The molecular formula is C20H20N6. The van der Waals surface area contributed by atoms with Crippen LogP contribution in [-0.4, -0.2) is 20.2 Å². The number of aromatic amines is 1. The molecule has 26 heavy (non-hydrogen) atoms. The van der Waals surface area contributed by atoms with Crippen LogP contribution in [0, 0.1) is 6.92 Å². The van der Waals surface area contributed by atoms with Gasteiger partial charge in [0.1, 0.15) is 23.3 Å². The lowest BCUT2D eigenvalue weighted by Crippen LogP contribution is -2.08. The highest BCUT2D eigenvalue weighted by molar-refractivity contribution is 5.97. The number of hydrogen-bond donors (Lipinski definition) is 3. The zero-order valence-corrected chi connectivity index (χ0v) is 14.7. The van der Waals surface area contributed by atoms with E-state index in [1.165, 1.54) is 17.5 Å². The number of nitrogens with zero attached hydrogens (tertiary/aromatic N) is 3. The molecule has 0 fully saturated rings. The van der Waals surface area contributed by atoms with Crippen molar-refractivity contribution in [2.75, 3.05) is 10.6 Å². The van der Waals surface area contributed by atoms with Crippen molar-refractivity contribution in [1.82, 2.24) is 20.2 Å². The van der Waals surface area contributed by atoms with Crippen molar-refractivity contribution in [2.45, 2.75) is 19.9 Å². The van der Waals surface area contributed by atoms with Gasteiger partial charge >= 0.3 is 0 Å². The van der Waals surface area contributed by atoms with Gasteiger partial charge in [0.25, 0.3) is 0 Å². The smallest absolute Gasteiger partial charge is 0.188 e. The molecule has 6 nitrogen and oxygen atoms in total. The summed E-state index contributed by atoms with van der Waals surface area (Å²) in [5.41, 5.74) is 3.99. The number of nitrogens with one attached hydrogen (secondary N) is 3. The molecule has 0 unspecified atom stereocenters. The zero-order chi connectivity index (χ0) is 17.9. The maximum atomic E-state index is 4.44. The fourth-order valence-corrected chi connectivity index (χ4v) is 2.95. The summed E-state index contributed by atoms with van der Waals surface area (Å²) in [6.07, 6.45) is 1.53. The van der Waals surface area contributed by atoms with Gasteiger partial charge in [0.15, 0.2) is 5.65 Å². The Labute approximate surface area is 151 Å². The number of anilines is 3. The van der Waals surface area contributed by atoms with Crippen molar-refractivity contribution in [3.05, 3.63) is 72.1 Å². The highest BCUT2D eigenvalue weighted by Crippen LogP contribution is 2.30. The number of benzene rings is 2. The Balaban J connectivity index is 1.68. The largest absolute Gasteiger partial charge is 0.363 e. The Morgan fingerprint density at radius 3 is 2.65 bits per heavy atom. The first-order valence-electron chi connectivity index (χ1n) is 8.55. The van der Waals surface area contributed by atoms with E-state index in [-0.39, 0.29) is 6.04 Å². The first-order valence-corrected chi connectivity index (χ1v) is 8.55. The molecule has 0 aliphatic heterocycles. The molecule has 0 saturated heterocycles. The van der Waals surface area contributed by atoms with Crippen molar-refractivity contribution in [3.8, 4) is 0 Å². The van der Waals surface area contributed by atoms with Gasteiger partial charge in [-0.2, -0.15) is 5.10 Å². The quantitative estimate of drug-likeness (QED) is 0.494. The van der Waals surface area contributed by atoms with Crippen molar-refractivity contribution in [1.29, 1.82) is 0 Å². The van der Waals surface area contributed by atoms with Crippen LogP contribution in [0.25, 0.3) is 11.0 Å². The molecule has 0 radical (unpaired) electrons. The molecule has 0 aliphatic rings. The van der Waals surface area contributed by atoms with Crippen LogP contribution in [0.1, 0.15) is 24.1 Å². The SMILES string of the molecule is Cc1cccc(Nc2[nH]nc3ncnc(N[C@@H](C)c4ccccc4)c23)c1. The van der Waals surface area contributed by atoms with Gasteiger partial charge in [0.2, 0.25) is 0 Å². The summed E-state index contributed by atoms with van der Waals surface area (Å²) in [4.78, 5) is 8.71. The van der Waals surface area contributed by atoms with Crippen LogP contribution in [0.4, 0.5) is 17.3 Å². The van der Waals surface area contributed by atoms with Crippen LogP contribution in [-0.2, 0) is 0 Å². The lowest BCUT2D eigenvalue weighted by molar-refractivity contribution is 0.876. The molecule has 0 spiro atoms. The Hall–Kier alpha value is -3.41. The molecule has 2 aromatic carbocycles. The Bertz CT molecular complexity index is 1020. The average Bonchev–Trinajstić information content (AvgIpc) is 3.06. The van der Waals surface area contributed by atoms with Crippen molar-refractivity contribution in [3.63, 3.8) is 0 Å². The minimum absolute atomic E-state index is 0.107. The van der Waals surface area contributed by atoms with E-state index in [0.717, 1.165) is 22.7 Å². The van der Waals surface area contributed by atoms with Gasteiger partial charge in [0.05, 0.1) is 0 Å². The molecule has 2 heterocycles. The molecule has 4 rings (SSSR count). The molecule has 0 amide bonds. The fraction of sp³-hybridized carbons (Fsp3) is 0.150. The summed E-state index contributed by atoms with van der Waals surface area (Å²) < 4.78 is 0. The first kappa shape index (κ1) is 16.1. The van der Waals surface area contributed by atoms with Gasteiger partial charge in [-0.15, -0.1) is 0 Å². The lowest BCUT2D eigenvalue weighted by atomic mass is 10.1. The summed E-state index contributed by atoms with van der Waals surface area (Å²) in [6.45, 7) is 4.17. The Morgan fingerprint density at radius 2 is 1.85 bits per heavy atom. The van der Waals surface area contributed by atoms with Crippen LogP contribution in [0.2, 0.25) is 0 Å². The van der Waals surface area contributed by atoms with Crippen LogP contribution in [0.15, 0.2) is 60.9 Å². The summed E-state index contributed by atoms with van der Waals surface area (Å²) in [6, 6.07) is 18.6. The van der Waals surface area contributed by atoms with E-state index in [0.29, 0.717) is 5.65 Å². The third-order valence-corrected chi connectivity index (χ3v) is 4.29. The summed E-state index contributed by atoms with van der Waals surface area (Å²) in [5.74, 6) is 1.52. The van der Waals surface area contributed by atoms with E-state index in [2.05, 4.69) is 68.9 Å². The van der Waals surface area contributed by atoms with Gasteiger partial charge < -0.3 is 10.6 Å². The maximum absolute atomic E-state index is 4.44. The van der Waals surface area contributed by atoms with Gasteiger partial charge in [-0.3, -0.25) is 5.10 Å². The number of fused-ring (bicyclic) bond motifs is 1. The summed E-state index contributed by atoms with van der Waals surface area (Å²) in [7, 11) is 0. The van der Waals surface area contributed by atoms with Gasteiger partial charge in [-0.25, -0.2) is 9.97 Å². The third-order valence-electron chi connectivity index (χ3n) is 4.29. The van der Waals surface area contributed by atoms with E-state index < -0.39 is 0 Å². The molecule has 0 saturated carbocycles. The average molecular weight is 344 g/mol. The minimum atomic E-state index is 0.107. The second-order valence-corrected chi connectivity index (χ2v) is 6.29. The van der Waals surface area contributed by atoms with Crippen LogP contribution in [0.3, 0.4) is 0 Å². The molecule has 1 atom stereocenters. The van der Waals surface area contributed by atoms with E-state index in [1.807, 2.05) is 30.3 Å². The minimum Gasteiger partial charge on any atom is -0.363 e. The second-order valence-electron chi connectivity index (χ2n) is 6.29. The van der Waals surface area contributed by atoms with Gasteiger partial charge in [0, 0.05) is 11.7 Å². The van der Waals surface area contributed by atoms with E-state index in [9.17, 15) is 0 Å². The second kappa shape index (κ2) is 6.84. The molecule has 6 heteroatoms. The number of hydrogen-bond acceptors (Lipinski definition) is 5. The monoisotopic (exact) mass is 344 g/mol. The van der Waals surface area contributed by atoms with Crippen molar-refractivity contribution < 1.29 is 0 Å². The number of H-pyrrole nitrogens is 1. The zero-order valence-electron chi connectivity index (χ0n) is 14.7. The Kier molecular flexibility index (Phi) is 4.23. The molecule has 3 N–H and O–H groups in total. The molecule has 130 valence electrons. The predicted octanol–water partition coefficient (Wildman–Crippen LogP) is 4.58. The molecule has 0 aliphatic carbocycles. The van der Waals surface area contributed by atoms with Gasteiger partial charge in [-0.05, 0) is 37.1 Å². The fourth-order valence-electron chi connectivity index (χ4n) is 2.95. The summed E-state index contributed by atoms with van der Waals surface area (Å²) in [5, 5.41) is 15.0. The predicted molar refractivity (Wildman–Crippen MR) is 105 cm³/mol. The number of rotatable bonds is 5. The first-order chi connectivity index (χ1) is 12.7. The molecule has 4 aromatic rings. The van der Waals surface area contributed by atoms with Gasteiger partial charge in [-0.1, -0.05) is 42.5 Å². The van der Waals surface area contributed by atoms with Crippen molar-refractivity contribution in [2.24, 2.45) is 0 Å². The molecular weight excluding hydrogens is 324 g/mol.